The molecule has 1 aliphatic rings. The maximum absolute atomic E-state index is 10.4. The predicted octanol–water partition coefficient (Wildman–Crippen LogP) is 2.18. The molecule has 4 nitrogen and oxygen atoms in total. The summed E-state index contributed by atoms with van der Waals surface area (Å²) in [7, 11) is 0. The van der Waals surface area contributed by atoms with Gasteiger partial charge >= 0.3 is 5.97 Å². The van der Waals surface area contributed by atoms with Crippen molar-refractivity contribution in [2.45, 2.75) is 64.0 Å². The summed E-state index contributed by atoms with van der Waals surface area (Å²) < 4.78 is 5.90. The van der Waals surface area contributed by atoms with Gasteiger partial charge in [0, 0.05) is 19.1 Å². The normalized spacial score (nSPS) is 23.5. The molecule has 1 atom stereocenters. The third-order valence-electron chi connectivity index (χ3n) is 3.78. The number of aliphatic carboxylic acids is 1. The summed E-state index contributed by atoms with van der Waals surface area (Å²) in [5.74, 6) is -0.713. The number of nitrogens with one attached hydrogen (secondary N) is 1. The minimum atomic E-state index is -0.713. The first-order valence-corrected chi connectivity index (χ1v) is 6.71. The second kappa shape index (κ2) is 6.97. The maximum Gasteiger partial charge on any atom is 0.303 e. The molecule has 0 aliphatic carbocycles. The minimum absolute atomic E-state index is 0.0444. The number of carboxylic acid groups (broad SMARTS) is 1. The molecule has 0 aromatic carbocycles. The summed E-state index contributed by atoms with van der Waals surface area (Å²) in [6, 6.07) is 0.484. The van der Waals surface area contributed by atoms with E-state index in [1.54, 1.807) is 0 Å². The minimum Gasteiger partial charge on any atom is -0.481 e. The van der Waals surface area contributed by atoms with Crippen molar-refractivity contribution in [2.75, 3.05) is 13.2 Å². The van der Waals surface area contributed by atoms with Crippen LogP contribution in [0.3, 0.4) is 0 Å². The van der Waals surface area contributed by atoms with E-state index in [1.807, 2.05) is 0 Å². The average Bonchev–Trinajstić information content (AvgIpc) is 2.34. The van der Waals surface area contributed by atoms with E-state index < -0.39 is 5.97 Å². The number of hydrogen-bond donors (Lipinski definition) is 2. The molecular formula is C13H25NO3. The van der Waals surface area contributed by atoms with Gasteiger partial charge in [0.15, 0.2) is 0 Å². The highest BCUT2D eigenvalue weighted by atomic mass is 16.5. The Balaban J connectivity index is 2.27. The highest BCUT2D eigenvalue weighted by Crippen LogP contribution is 2.31. The fraction of sp³-hybridized carbons (Fsp3) is 0.923. The molecule has 0 aromatic rings. The van der Waals surface area contributed by atoms with Crippen LogP contribution in [0.1, 0.15) is 52.4 Å². The molecule has 1 heterocycles. The summed E-state index contributed by atoms with van der Waals surface area (Å²) in [4.78, 5) is 10.4. The Labute approximate surface area is 104 Å². The van der Waals surface area contributed by atoms with Gasteiger partial charge in [-0.3, -0.25) is 4.79 Å². The zero-order chi connectivity index (χ0) is 12.7. The molecule has 0 bridgehead atoms. The molecule has 1 unspecified atom stereocenters. The Morgan fingerprint density at radius 2 is 2.18 bits per heavy atom. The molecule has 0 aromatic heterocycles. The lowest BCUT2D eigenvalue weighted by molar-refractivity contribution is -0.137. The molecule has 17 heavy (non-hydrogen) atoms. The molecule has 0 saturated carbocycles. The van der Waals surface area contributed by atoms with E-state index in [0.29, 0.717) is 12.5 Å². The highest BCUT2D eigenvalue weighted by Gasteiger charge is 2.33. The van der Waals surface area contributed by atoms with E-state index in [1.165, 1.54) is 0 Å². The van der Waals surface area contributed by atoms with Crippen molar-refractivity contribution < 1.29 is 14.6 Å². The Morgan fingerprint density at radius 3 is 2.76 bits per heavy atom. The fourth-order valence-electron chi connectivity index (χ4n) is 2.49. The molecule has 100 valence electrons. The molecular weight excluding hydrogens is 218 g/mol. The van der Waals surface area contributed by atoms with Crippen LogP contribution in [0.25, 0.3) is 0 Å². The number of hydrogen-bond acceptors (Lipinski definition) is 3. The first-order valence-electron chi connectivity index (χ1n) is 6.71. The van der Waals surface area contributed by atoms with Crippen molar-refractivity contribution >= 4 is 5.97 Å². The lowest BCUT2D eigenvalue weighted by atomic mass is 9.86. The van der Waals surface area contributed by atoms with Crippen LogP contribution in [0.5, 0.6) is 0 Å². The van der Waals surface area contributed by atoms with Gasteiger partial charge in [0.05, 0.1) is 5.60 Å². The third-order valence-corrected chi connectivity index (χ3v) is 3.78. The predicted molar refractivity (Wildman–Crippen MR) is 67.2 cm³/mol. The van der Waals surface area contributed by atoms with Gasteiger partial charge in [0.2, 0.25) is 0 Å². The van der Waals surface area contributed by atoms with E-state index in [9.17, 15) is 4.79 Å². The molecule has 0 radical (unpaired) electrons. The molecule has 1 aliphatic heterocycles. The first kappa shape index (κ1) is 14.5. The van der Waals surface area contributed by atoms with Gasteiger partial charge in [-0.25, -0.2) is 0 Å². The molecule has 0 spiro atoms. The Kier molecular flexibility index (Phi) is 5.92. The van der Waals surface area contributed by atoms with Gasteiger partial charge in [-0.1, -0.05) is 13.8 Å². The van der Waals surface area contributed by atoms with Crippen LogP contribution < -0.4 is 5.32 Å². The van der Waals surface area contributed by atoms with Crippen molar-refractivity contribution in [3.63, 3.8) is 0 Å². The van der Waals surface area contributed by atoms with Gasteiger partial charge in [0.1, 0.15) is 0 Å². The lowest BCUT2D eigenvalue weighted by Gasteiger charge is -2.40. The molecule has 1 rings (SSSR count). The highest BCUT2D eigenvalue weighted by molar-refractivity contribution is 5.66. The second-order valence-electron chi connectivity index (χ2n) is 4.88. The second-order valence-corrected chi connectivity index (χ2v) is 4.88. The van der Waals surface area contributed by atoms with Crippen LogP contribution in [0.2, 0.25) is 0 Å². The van der Waals surface area contributed by atoms with Gasteiger partial charge in [0.25, 0.3) is 0 Å². The standard InChI is InChI=1S/C13H25NO3/c1-3-13(4-2)10-11(7-9-17-13)14-8-5-6-12(15)16/h11,14H,3-10H2,1-2H3,(H,15,16). The van der Waals surface area contributed by atoms with Gasteiger partial charge in [-0.2, -0.15) is 0 Å². The monoisotopic (exact) mass is 243 g/mol. The number of ether oxygens (including phenoxy) is 1. The number of carboxylic acids is 1. The smallest absolute Gasteiger partial charge is 0.303 e. The maximum atomic E-state index is 10.4. The van der Waals surface area contributed by atoms with Crippen LogP contribution in [0.4, 0.5) is 0 Å². The Hall–Kier alpha value is -0.610. The van der Waals surface area contributed by atoms with E-state index in [2.05, 4.69) is 19.2 Å². The van der Waals surface area contributed by atoms with E-state index in [-0.39, 0.29) is 12.0 Å². The van der Waals surface area contributed by atoms with Gasteiger partial charge in [-0.15, -0.1) is 0 Å². The average molecular weight is 243 g/mol. The molecule has 1 fully saturated rings. The Morgan fingerprint density at radius 1 is 1.47 bits per heavy atom. The molecule has 2 N–H and O–H groups in total. The van der Waals surface area contributed by atoms with Crippen molar-refractivity contribution in [1.82, 2.24) is 5.32 Å². The van der Waals surface area contributed by atoms with E-state index >= 15 is 0 Å². The summed E-state index contributed by atoms with van der Waals surface area (Å²) in [5, 5.41) is 12.0. The largest absolute Gasteiger partial charge is 0.481 e. The summed E-state index contributed by atoms with van der Waals surface area (Å²) in [6.45, 7) is 5.96. The van der Waals surface area contributed by atoms with Gasteiger partial charge < -0.3 is 15.2 Å². The third kappa shape index (κ3) is 4.64. The zero-order valence-electron chi connectivity index (χ0n) is 11.0. The summed E-state index contributed by atoms with van der Waals surface area (Å²) in [6.07, 6.45) is 5.15. The Bertz CT molecular complexity index is 239. The SMILES string of the molecule is CCC1(CC)CC(NCCCC(=O)O)CCO1. The lowest BCUT2D eigenvalue weighted by Crippen LogP contribution is -2.46. The van der Waals surface area contributed by atoms with Crippen LogP contribution in [0, 0.1) is 0 Å². The fourth-order valence-corrected chi connectivity index (χ4v) is 2.49. The van der Waals surface area contributed by atoms with Crippen LogP contribution in [0.15, 0.2) is 0 Å². The number of rotatable bonds is 7. The summed E-state index contributed by atoms with van der Waals surface area (Å²) >= 11 is 0. The van der Waals surface area contributed by atoms with Crippen LogP contribution in [-0.2, 0) is 9.53 Å². The van der Waals surface area contributed by atoms with Crippen LogP contribution >= 0.6 is 0 Å². The molecule has 4 heteroatoms. The van der Waals surface area contributed by atoms with Crippen molar-refractivity contribution in [3.05, 3.63) is 0 Å². The van der Waals surface area contributed by atoms with E-state index in [0.717, 1.165) is 38.8 Å². The quantitative estimate of drug-likeness (QED) is 0.673. The van der Waals surface area contributed by atoms with Gasteiger partial charge in [-0.05, 0) is 38.6 Å². The molecule has 1 saturated heterocycles. The van der Waals surface area contributed by atoms with Crippen LogP contribution in [-0.4, -0.2) is 35.9 Å². The molecule has 0 amide bonds. The zero-order valence-corrected chi connectivity index (χ0v) is 11.0. The van der Waals surface area contributed by atoms with E-state index in [4.69, 9.17) is 9.84 Å². The van der Waals surface area contributed by atoms with Crippen molar-refractivity contribution in [3.8, 4) is 0 Å². The topological polar surface area (TPSA) is 58.6 Å². The summed E-state index contributed by atoms with van der Waals surface area (Å²) in [5.41, 5.74) is 0.0444. The number of carbonyl (C=O) groups is 1. The first-order chi connectivity index (χ1) is 8.12. The van der Waals surface area contributed by atoms with Crippen molar-refractivity contribution in [2.24, 2.45) is 0 Å². The van der Waals surface area contributed by atoms with Crippen molar-refractivity contribution in [1.29, 1.82) is 0 Å².